The molecule has 10 nitrogen and oxygen atoms in total. The van der Waals surface area contributed by atoms with Crippen LogP contribution < -0.4 is 20.9 Å². The molecule has 6 rings (SSSR count). The number of aliphatic hydroxyl groups is 1. The molecule has 0 unspecified atom stereocenters. The second-order valence-electron chi connectivity index (χ2n) is 9.82. The fraction of sp³-hybridized carbons (Fsp3) is 0.333. The van der Waals surface area contributed by atoms with E-state index in [1.165, 1.54) is 6.92 Å². The highest BCUT2D eigenvalue weighted by Crippen LogP contribution is 2.41. The molecule has 3 aromatic heterocycles. The van der Waals surface area contributed by atoms with Crippen LogP contribution in [-0.2, 0) is 11.8 Å². The Hall–Kier alpha value is -4.18. The fourth-order valence-corrected chi connectivity index (χ4v) is 4.71. The molecule has 0 saturated heterocycles. The highest BCUT2D eigenvalue weighted by Gasteiger charge is 2.33. The standard InChI is InChI=1S/C27H28N6O4/c1-15(34)29-25-13-19(9-10-28-25)37-18-5-6-20-23(12-18)32(2)27(30-20)31-21-11-17(16-3-4-16)14-33(26(21)36)22-7-8-24(22)35/h5-6,9-14,16,22,24,35H,3-4,7-8H2,1-2H3,(H,30,31)(H,28,29,34)/t22-,24+/m1/s1. The number of aliphatic hydroxyl groups excluding tert-OH is 1. The predicted molar refractivity (Wildman–Crippen MR) is 140 cm³/mol. The molecule has 3 heterocycles. The smallest absolute Gasteiger partial charge is 0.274 e. The van der Waals surface area contributed by atoms with Crippen molar-refractivity contribution in [1.82, 2.24) is 19.1 Å². The van der Waals surface area contributed by atoms with Crippen LogP contribution in [0.5, 0.6) is 11.5 Å². The van der Waals surface area contributed by atoms with Crippen molar-refractivity contribution < 1.29 is 14.6 Å². The van der Waals surface area contributed by atoms with Gasteiger partial charge in [0.1, 0.15) is 23.0 Å². The molecule has 2 atom stereocenters. The molecule has 0 aliphatic heterocycles. The van der Waals surface area contributed by atoms with Crippen molar-refractivity contribution >= 4 is 34.4 Å². The lowest BCUT2D eigenvalue weighted by Crippen LogP contribution is -2.39. The van der Waals surface area contributed by atoms with E-state index >= 15 is 0 Å². The number of aromatic nitrogens is 4. The number of carbonyl (C=O) groups excluding carboxylic acids is 1. The van der Waals surface area contributed by atoms with Crippen LogP contribution in [0.15, 0.2) is 53.6 Å². The van der Waals surface area contributed by atoms with Gasteiger partial charge in [-0.3, -0.25) is 9.59 Å². The average molecular weight is 501 g/mol. The summed E-state index contributed by atoms with van der Waals surface area (Å²) < 4.78 is 9.58. The Labute approximate surface area is 212 Å². The van der Waals surface area contributed by atoms with E-state index in [2.05, 4.69) is 15.6 Å². The van der Waals surface area contributed by atoms with Crippen LogP contribution in [-0.4, -0.2) is 36.2 Å². The van der Waals surface area contributed by atoms with Crippen LogP contribution in [0.25, 0.3) is 11.0 Å². The van der Waals surface area contributed by atoms with Gasteiger partial charge in [-0.25, -0.2) is 9.97 Å². The second kappa shape index (κ2) is 9.04. The van der Waals surface area contributed by atoms with E-state index in [-0.39, 0.29) is 17.5 Å². The Morgan fingerprint density at radius 2 is 1.92 bits per heavy atom. The van der Waals surface area contributed by atoms with Crippen molar-refractivity contribution in [2.24, 2.45) is 7.05 Å². The minimum atomic E-state index is -0.483. The number of carbonyl (C=O) groups is 1. The first kappa shape index (κ1) is 23.2. The average Bonchev–Trinajstić information content (AvgIpc) is 3.66. The molecule has 2 saturated carbocycles. The maximum atomic E-state index is 13.3. The molecule has 0 bridgehead atoms. The van der Waals surface area contributed by atoms with E-state index in [1.807, 2.05) is 42.1 Å². The van der Waals surface area contributed by atoms with Gasteiger partial charge < -0.3 is 29.6 Å². The molecular weight excluding hydrogens is 472 g/mol. The number of hydrogen-bond acceptors (Lipinski definition) is 7. The van der Waals surface area contributed by atoms with Gasteiger partial charge >= 0.3 is 0 Å². The lowest BCUT2D eigenvalue weighted by molar-refractivity contribution is -0.114. The van der Waals surface area contributed by atoms with Gasteiger partial charge in [0.05, 0.1) is 23.2 Å². The fourth-order valence-electron chi connectivity index (χ4n) is 4.71. The van der Waals surface area contributed by atoms with Crippen LogP contribution in [0.1, 0.15) is 50.1 Å². The first-order valence-electron chi connectivity index (χ1n) is 12.4. The Morgan fingerprint density at radius 1 is 1.11 bits per heavy atom. The summed E-state index contributed by atoms with van der Waals surface area (Å²) in [6.45, 7) is 1.42. The molecule has 2 aliphatic rings. The summed E-state index contributed by atoms with van der Waals surface area (Å²) in [4.78, 5) is 33.5. The van der Waals surface area contributed by atoms with Gasteiger partial charge in [0, 0.05) is 38.5 Å². The van der Waals surface area contributed by atoms with Gasteiger partial charge in [0.2, 0.25) is 11.9 Å². The number of aryl methyl sites for hydroxylation is 1. The predicted octanol–water partition coefficient (Wildman–Crippen LogP) is 4.20. The summed E-state index contributed by atoms with van der Waals surface area (Å²) in [7, 11) is 1.88. The topological polar surface area (TPSA) is 123 Å². The summed E-state index contributed by atoms with van der Waals surface area (Å²) in [5.41, 5.74) is 2.99. The number of amides is 1. The van der Waals surface area contributed by atoms with Gasteiger partial charge in [-0.15, -0.1) is 0 Å². The number of nitrogens with zero attached hydrogens (tertiary/aromatic N) is 4. The maximum Gasteiger partial charge on any atom is 0.274 e. The van der Waals surface area contributed by atoms with Crippen molar-refractivity contribution in [3.8, 4) is 11.5 Å². The number of imidazole rings is 1. The number of anilines is 3. The third-order valence-corrected chi connectivity index (χ3v) is 7.04. The van der Waals surface area contributed by atoms with E-state index in [9.17, 15) is 14.7 Å². The molecule has 4 aromatic rings. The molecular formula is C27H28N6O4. The lowest BCUT2D eigenvalue weighted by Gasteiger charge is -2.34. The normalized spacial score (nSPS) is 18.9. The summed E-state index contributed by atoms with van der Waals surface area (Å²) in [5, 5.41) is 16.1. The molecule has 190 valence electrons. The zero-order chi connectivity index (χ0) is 25.7. The quantitative estimate of drug-likeness (QED) is 0.348. The van der Waals surface area contributed by atoms with E-state index < -0.39 is 6.10 Å². The van der Waals surface area contributed by atoms with Gasteiger partial charge in [-0.2, -0.15) is 0 Å². The second-order valence-corrected chi connectivity index (χ2v) is 9.82. The van der Waals surface area contributed by atoms with Gasteiger partial charge in [0.15, 0.2) is 0 Å². The summed E-state index contributed by atoms with van der Waals surface area (Å²) in [6, 6.07) is 10.7. The molecule has 2 fully saturated rings. The van der Waals surface area contributed by atoms with Crippen molar-refractivity contribution in [3.63, 3.8) is 0 Å². The molecule has 0 spiro atoms. The van der Waals surface area contributed by atoms with Gasteiger partial charge in [0.25, 0.3) is 5.56 Å². The maximum absolute atomic E-state index is 13.3. The summed E-state index contributed by atoms with van der Waals surface area (Å²) in [5.74, 6) is 2.33. The monoisotopic (exact) mass is 500 g/mol. The van der Waals surface area contributed by atoms with E-state index in [0.29, 0.717) is 34.9 Å². The van der Waals surface area contributed by atoms with Crippen molar-refractivity contribution in [2.45, 2.75) is 50.7 Å². The third-order valence-electron chi connectivity index (χ3n) is 7.04. The number of fused-ring (bicyclic) bond motifs is 1. The van der Waals surface area contributed by atoms with Crippen LogP contribution in [0.4, 0.5) is 17.5 Å². The summed E-state index contributed by atoms with van der Waals surface area (Å²) >= 11 is 0. The number of ether oxygens (including phenoxy) is 1. The Kier molecular flexibility index (Phi) is 5.68. The first-order valence-corrected chi connectivity index (χ1v) is 12.4. The Bertz CT molecular complexity index is 1570. The molecule has 1 aromatic carbocycles. The lowest BCUT2D eigenvalue weighted by atomic mass is 9.88. The number of nitrogens with one attached hydrogen (secondary N) is 2. The van der Waals surface area contributed by atoms with Gasteiger partial charge in [-0.05, 0) is 61.4 Å². The number of rotatable bonds is 7. The molecule has 10 heteroatoms. The molecule has 37 heavy (non-hydrogen) atoms. The number of hydrogen-bond donors (Lipinski definition) is 3. The zero-order valence-corrected chi connectivity index (χ0v) is 20.6. The molecule has 3 N–H and O–H groups in total. The Morgan fingerprint density at radius 3 is 2.62 bits per heavy atom. The van der Waals surface area contributed by atoms with Crippen molar-refractivity contribution in [1.29, 1.82) is 0 Å². The highest BCUT2D eigenvalue weighted by atomic mass is 16.5. The first-order chi connectivity index (χ1) is 17.9. The van der Waals surface area contributed by atoms with E-state index in [4.69, 9.17) is 9.72 Å². The zero-order valence-electron chi connectivity index (χ0n) is 20.6. The SMILES string of the molecule is CC(=O)Nc1cc(Oc2ccc3nc(Nc4cc(C5CC5)cn([C@@H]5CC[C@@H]5O)c4=O)n(C)c3c2)ccn1. The minimum absolute atomic E-state index is 0.156. The van der Waals surface area contributed by atoms with Gasteiger partial charge in [-0.1, -0.05) is 0 Å². The summed E-state index contributed by atoms with van der Waals surface area (Å²) in [6.07, 6.45) is 6.75. The largest absolute Gasteiger partial charge is 0.457 e. The van der Waals surface area contributed by atoms with Crippen molar-refractivity contribution in [2.75, 3.05) is 10.6 Å². The Balaban J connectivity index is 1.29. The van der Waals surface area contributed by atoms with Crippen molar-refractivity contribution in [3.05, 3.63) is 64.7 Å². The molecule has 1 amide bonds. The molecule has 2 aliphatic carbocycles. The number of pyridine rings is 2. The third kappa shape index (κ3) is 4.55. The van der Waals surface area contributed by atoms with E-state index in [1.54, 1.807) is 22.9 Å². The van der Waals surface area contributed by atoms with Crippen LogP contribution >= 0.6 is 0 Å². The van der Waals surface area contributed by atoms with Crippen LogP contribution in [0.2, 0.25) is 0 Å². The molecule has 0 radical (unpaired) electrons. The minimum Gasteiger partial charge on any atom is -0.457 e. The van der Waals surface area contributed by atoms with Crippen LogP contribution in [0, 0.1) is 0 Å². The van der Waals surface area contributed by atoms with E-state index in [0.717, 1.165) is 42.3 Å². The van der Waals surface area contributed by atoms with Crippen LogP contribution in [0.3, 0.4) is 0 Å². The highest BCUT2D eigenvalue weighted by molar-refractivity contribution is 5.87. The number of benzene rings is 1.